The maximum absolute atomic E-state index is 10.9. The highest BCUT2D eigenvalue weighted by molar-refractivity contribution is 5.88. The van der Waals surface area contributed by atoms with Crippen molar-refractivity contribution in [3.63, 3.8) is 0 Å². The lowest BCUT2D eigenvalue weighted by Crippen LogP contribution is -2.33. The SMILES string of the molecule is CC(=O)NC1Cc2ccc(C(=O)O)cc2C1. The zero-order chi connectivity index (χ0) is 11.7. The summed E-state index contributed by atoms with van der Waals surface area (Å²) in [6, 6.07) is 5.24. The highest BCUT2D eigenvalue weighted by Crippen LogP contribution is 2.23. The second kappa shape index (κ2) is 3.96. The van der Waals surface area contributed by atoms with Crippen LogP contribution in [-0.4, -0.2) is 23.0 Å². The Labute approximate surface area is 93.3 Å². The van der Waals surface area contributed by atoms with Gasteiger partial charge in [0, 0.05) is 13.0 Å². The smallest absolute Gasteiger partial charge is 0.335 e. The molecule has 16 heavy (non-hydrogen) atoms. The number of hydrogen-bond acceptors (Lipinski definition) is 2. The van der Waals surface area contributed by atoms with Crippen LogP contribution in [0.15, 0.2) is 18.2 Å². The summed E-state index contributed by atoms with van der Waals surface area (Å²) in [5, 5.41) is 11.7. The number of benzene rings is 1. The van der Waals surface area contributed by atoms with Gasteiger partial charge in [0.2, 0.25) is 5.91 Å². The summed E-state index contributed by atoms with van der Waals surface area (Å²) in [6.07, 6.45) is 1.50. The number of carboxylic acid groups (broad SMARTS) is 1. The summed E-state index contributed by atoms with van der Waals surface area (Å²) in [5.41, 5.74) is 2.46. The van der Waals surface area contributed by atoms with Crippen molar-refractivity contribution in [2.45, 2.75) is 25.8 Å². The predicted octanol–water partition coefficient (Wildman–Crippen LogP) is 0.988. The van der Waals surface area contributed by atoms with Gasteiger partial charge in [0.05, 0.1) is 5.56 Å². The molecule has 0 aromatic heterocycles. The van der Waals surface area contributed by atoms with E-state index in [1.165, 1.54) is 6.92 Å². The first-order valence-electron chi connectivity index (χ1n) is 5.18. The second-order valence-electron chi connectivity index (χ2n) is 4.09. The molecule has 1 aromatic carbocycles. The molecule has 1 aliphatic carbocycles. The first-order chi connectivity index (χ1) is 7.56. The van der Waals surface area contributed by atoms with Crippen molar-refractivity contribution in [1.29, 1.82) is 0 Å². The molecule has 1 aliphatic rings. The van der Waals surface area contributed by atoms with Gasteiger partial charge in [-0.15, -0.1) is 0 Å². The van der Waals surface area contributed by atoms with Crippen molar-refractivity contribution in [3.8, 4) is 0 Å². The van der Waals surface area contributed by atoms with Gasteiger partial charge in [-0.2, -0.15) is 0 Å². The number of nitrogens with one attached hydrogen (secondary N) is 1. The first-order valence-corrected chi connectivity index (χ1v) is 5.18. The molecule has 0 aliphatic heterocycles. The van der Waals surface area contributed by atoms with Crippen LogP contribution in [0.4, 0.5) is 0 Å². The topological polar surface area (TPSA) is 66.4 Å². The molecule has 0 radical (unpaired) electrons. The monoisotopic (exact) mass is 219 g/mol. The molecule has 1 aromatic rings. The molecular formula is C12H13NO3. The number of amides is 1. The molecule has 1 atom stereocenters. The molecule has 1 amide bonds. The number of hydrogen-bond donors (Lipinski definition) is 2. The van der Waals surface area contributed by atoms with E-state index in [1.54, 1.807) is 12.1 Å². The highest BCUT2D eigenvalue weighted by atomic mass is 16.4. The lowest BCUT2D eigenvalue weighted by molar-refractivity contribution is -0.119. The van der Waals surface area contributed by atoms with Gasteiger partial charge in [-0.25, -0.2) is 4.79 Å². The van der Waals surface area contributed by atoms with Crippen LogP contribution < -0.4 is 5.32 Å². The van der Waals surface area contributed by atoms with Gasteiger partial charge >= 0.3 is 5.97 Å². The first kappa shape index (κ1) is 10.7. The molecule has 4 nitrogen and oxygen atoms in total. The summed E-state index contributed by atoms with van der Waals surface area (Å²) >= 11 is 0. The molecule has 1 unspecified atom stereocenters. The molecule has 84 valence electrons. The Kier molecular flexibility index (Phi) is 2.64. The molecule has 0 fully saturated rings. The van der Waals surface area contributed by atoms with Gasteiger partial charge in [-0.1, -0.05) is 6.07 Å². The molecule has 4 heteroatoms. The number of rotatable bonds is 2. The van der Waals surface area contributed by atoms with E-state index < -0.39 is 5.97 Å². The van der Waals surface area contributed by atoms with Gasteiger partial charge in [-0.05, 0) is 36.1 Å². The van der Waals surface area contributed by atoms with Crippen LogP contribution in [0.3, 0.4) is 0 Å². The lowest BCUT2D eigenvalue weighted by atomic mass is 10.1. The van der Waals surface area contributed by atoms with E-state index in [1.807, 2.05) is 6.07 Å². The van der Waals surface area contributed by atoms with E-state index in [-0.39, 0.29) is 11.9 Å². The molecular weight excluding hydrogens is 206 g/mol. The fourth-order valence-electron chi connectivity index (χ4n) is 2.14. The Hall–Kier alpha value is -1.84. The summed E-state index contributed by atoms with van der Waals surface area (Å²) < 4.78 is 0. The van der Waals surface area contributed by atoms with Crippen LogP contribution in [0.5, 0.6) is 0 Å². The second-order valence-corrected chi connectivity index (χ2v) is 4.09. The van der Waals surface area contributed by atoms with Crippen LogP contribution in [0, 0.1) is 0 Å². The highest BCUT2D eigenvalue weighted by Gasteiger charge is 2.22. The third-order valence-corrected chi connectivity index (χ3v) is 2.79. The van der Waals surface area contributed by atoms with Gasteiger partial charge in [0.25, 0.3) is 0 Å². The molecule has 0 heterocycles. The molecule has 2 N–H and O–H groups in total. The zero-order valence-corrected chi connectivity index (χ0v) is 8.99. The average Bonchev–Trinajstić information content (AvgIpc) is 2.56. The normalized spacial score (nSPS) is 17.9. The number of fused-ring (bicyclic) bond motifs is 1. The Morgan fingerprint density at radius 2 is 2.00 bits per heavy atom. The summed E-state index contributed by atoms with van der Waals surface area (Å²) in [5.74, 6) is -0.956. The minimum absolute atomic E-state index is 0.0451. The van der Waals surface area contributed by atoms with E-state index >= 15 is 0 Å². The van der Waals surface area contributed by atoms with Crippen molar-refractivity contribution >= 4 is 11.9 Å². The Bertz CT molecular complexity index is 454. The Morgan fingerprint density at radius 3 is 2.62 bits per heavy atom. The van der Waals surface area contributed by atoms with E-state index in [0.717, 1.165) is 24.0 Å². The standard InChI is InChI=1S/C12H13NO3/c1-7(14)13-11-5-8-2-3-9(12(15)16)4-10(8)6-11/h2-4,11H,5-6H2,1H3,(H,13,14)(H,15,16). The van der Waals surface area contributed by atoms with E-state index in [0.29, 0.717) is 5.56 Å². The third-order valence-electron chi connectivity index (χ3n) is 2.79. The third kappa shape index (κ3) is 2.05. The maximum Gasteiger partial charge on any atom is 0.335 e. The summed E-state index contributed by atoms with van der Waals surface area (Å²) in [6.45, 7) is 1.49. The lowest BCUT2D eigenvalue weighted by Gasteiger charge is -2.08. The maximum atomic E-state index is 10.9. The van der Waals surface area contributed by atoms with Crippen LogP contribution >= 0.6 is 0 Å². The van der Waals surface area contributed by atoms with E-state index in [2.05, 4.69) is 5.32 Å². The number of carboxylic acids is 1. The van der Waals surface area contributed by atoms with E-state index in [4.69, 9.17) is 5.11 Å². The van der Waals surface area contributed by atoms with Crippen molar-refractivity contribution in [1.82, 2.24) is 5.32 Å². The molecule has 2 rings (SSSR count). The predicted molar refractivity (Wildman–Crippen MR) is 58.4 cm³/mol. The molecule has 0 saturated heterocycles. The fourth-order valence-corrected chi connectivity index (χ4v) is 2.14. The van der Waals surface area contributed by atoms with Crippen molar-refractivity contribution in [2.24, 2.45) is 0 Å². The Balaban J connectivity index is 2.18. The van der Waals surface area contributed by atoms with Gasteiger partial charge in [-0.3, -0.25) is 4.79 Å². The minimum Gasteiger partial charge on any atom is -0.478 e. The fraction of sp³-hybridized carbons (Fsp3) is 0.333. The van der Waals surface area contributed by atoms with Crippen LogP contribution in [0.25, 0.3) is 0 Å². The van der Waals surface area contributed by atoms with Crippen LogP contribution in [-0.2, 0) is 17.6 Å². The minimum atomic E-state index is -0.911. The number of aromatic carboxylic acids is 1. The van der Waals surface area contributed by atoms with Crippen LogP contribution in [0.2, 0.25) is 0 Å². The number of carbonyl (C=O) groups excluding carboxylic acids is 1. The number of carbonyl (C=O) groups is 2. The van der Waals surface area contributed by atoms with Gasteiger partial charge < -0.3 is 10.4 Å². The quantitative estimate of drug-likeness (QED) is 0.779. The summed E-state index contributed by atoms with van der Waals surface area (Å²) in [7, 11) is 0. The van der Waals surface area contributed by atoms with Crippen LogP contribution in [0.1, 0.15) is 28.4 Å². The molecule has 0 spiro atoms. The largest absolute Gasteiger partial charge is 0.478 e. The van der Waals surface area contributed by atoms with Crippen molar-refractivity contribution < 1.29 is 14.7 Å². The van der Waals surface area contributed by atoms with Crippen molar-refractivity contribution in [2.75, 3.05) is 0 Å². The van der Waals surface area contributed by atoms with Crippen molar-refractivity contribution in [3.05, 3.63) is 34.9 Å². The molecule has 0 bridgehead atoms. The Morgan fingerprint density at radius 1 is 1.31 bits per heavy atom. The van der Waals surface area contributed by atoms with Gasteiger partial charge in [0.1, 0.15) is 0 Å². The zero-order valence-electron chi connectivity index (χ0n) is 8.99. The van der Waals surface area contributed by atoms with E-state index in [9.17, 15) is 9.59 Å². The molecule has 0 saturated carbocycles. The van der Waals surface area contributed by atoms with Gasteiger partial charge in [0.15, 0.2) is 0 Å². The summed E-state index contributed by atoms with van der Waals surface area (Å²) in [4.78, 5) is 21.7. The average molecular weight is 219 g/mol.